The zero-order valence-electron chi connectivity index (χ0n) is 18.5. The van der Waals surface area contributed by atoms with Crippen LogP contribution in [0.15, 0.2) is 59.1 Å². The molecule has 32 heavy (non-hydrogen) atoms. The van der Waals surface area contributed by atoms with Crippen LogP contribution < -0.4 is 15.4 Å². The summed E-state index contributed by atoms with van der Waals surface area (Å²) in [4.78, 5) is 24.7. The van der Waals surface area contributed by atoms with Crippen LogP contribution in [0.25, 0.3) is 0 Å². The minimum atomic E-state index is -0.313. The molecule has 0 aromatic heterocycles. The number of anilines is 1. The lowest BCUT2D eigenvalue weighted by Crippen LogP contribution is -2.31. The number of ether oxygens (including phenoxy) is 1. The summed E-state index contributed by atoms with van der Waals surface area (Å²) >= 11 is 1.17. The van der Waals surface area contributed by atoms with Gasteiger partial charge in [-0.05, 0) is 48.2 Å². The molecule has 0 spiro atoms. The molecule has 166 valence electrons. The average molecular weight is 450 g/mol. The Bertz CT molecular complexity index is 1040. The predicted molar refractivity (Wildman–Crippen MR) is 127 cm³/mol. The molecule has 1 aliphatic rings. The lowest BCUT2D eigenvalue weighted by molar-refractivity contribution is -0.121. The molecule has 1 heterocycles. The molecule has 0 saturated heterocycles. The molecule has 0 saturated carbocycles. The van der Waals surface area contributed by atoms with Crippen LogP contribution in [0.1, 0.15) is 50.2 Å². The first-order valence-electron chi connectivity index (χ1n) is 10.6. The summed E-state index contributed by atoms with van der Waals surface area (Å²) in [5.41, 5.74) is 3.28. The molecule has 1 aliphatic heterocycles. The van der Waals surface area contributed by atoms with Gasteiger partial charge in [0.05, 0.1) is 29.0 Å². The standard InChI is InChI=1S/C25H27N3O3S/c1-4-31-20-11-9-19(10-12-20)27-24(30)15-32-25-22(14-26)21(13-23(29)28-25)18-7-5-17(6-8-18)16(2)3/h5-12,16,21H,4,13,15H2,1-3H3,(H,27,30)(H,28,29)/t21-/m1/s1. The van der Waals surface area contributed by atoms with Gasteiger partial charge in [-0.1, -0.05) is 49.9 Å². The molecule has 0 fully saturated rings. The number of thioether (sulfide) groups is 1. The average Bonchev–Trinajstić information content (AvgIpc) is 2.79. The van der Waals surface area contributed by atoms with Crippen molar-refractivity contribution in [1.29, 1.82) is 5.26 Å². The third kappa shape index (κ3) is 5.92. The van der Waals surface area contributed by atoms with Crippen LogP contribution in [-0.2, 0) is 9.59 Å². The molecule has 2 N–H and O–H groups in total. The molecular formula is C25H27N3O3S. The summed E-state index contributed by atoms with van der Waals surface area (Å²) in [7, 11) is 0. The Hall–Kier alpha value is -3.24. The van der Waals surface area contributed by atoms with Crippen LogP contribution in [-0.4, -0.2) is 24.2 Å². The van der Waals surface area contributed by atoms with Gasteiger partial charge in [-0.2, -0.15) is 5.26 Å². The van der Waals surface area contributed by atoms with Crippen molar-refractivity contribution >= 4 is 29.3 Å². The first-order chi connectivity index (χ1) is 15.4. The summed E-state index contributed by atoms with van der Waals surface area (Å²) in [5, 5.41) is 15.8. The van der Waals surface area contributed by atoms with Gasteiger partial charge in [-0.3, -0.25) is 9.59 Å². The van der Waals surface area contributed by atoms with E-state index in [2.05, 4.69) is 30.6 Å². The number of nitrogens with zero attached hydrogens (tertiary/aromatic N) is 1. The van der Waals surface area contributed by atoms with Crippen molar-refractivity contribution in [3.05, 3.63) is 70.3 Å². The molecule has 2 aromatic carbocycles. The SMILES string of the molecule is CCOc1ccc(NC(=O)CSC2=C(C#N)[C@@H](c3ccc(C(C)C)cc3)CC(=O)N2)cc1. The highest BCUT2D eigenvalue weighted by atomic mass is 32.2. The Morgan fingerprint density at radius 3 is 2.50 bits per heavy atom. The lowest BCUT2D eigenvalue weighted by atomic mass is 9.86. The molecule has 0 unspecified atom stereocenters. The number of rotatable bonds is 8. The quantitative estimate of drug-likeness (QED) is 0.597. The molecule has 0 bridgehead atoms. The maximum absolute atomic E-state index is 12.4. The first kappa shape index (κ1) is 23.4. The largest absolute Gasteiger partial charge is 0.494 e. The van der Waals surface area contributed by atoms with E-state index in [9.17, 15) is 14.9 Å². The van der Waals surface area contributed by atoms with Gasteiger partial charge in [0.2, 0.25) is 11.8 Å². The van der Waals surface area contributed by atoms with E-state index >= 15 is 0 Å². The van der Waals surface area contributed by atoms with Crippen molar-refractivity contribution in [2.75, 3.05) is 17.7 Å². The number of nitriles is 1. The Labute approximate surface area is 193 Å². The maximum Gasteiger partial charge on any atom is 0.234 e. The predicted octanol–water partition coefficient (Wildman–Crippen LogP) is 4.92. The van der Waals surface area contributed by atoms with Crippen molar-refractivity contribution < 1.29 is 14.3 Å². The fourth-order valence-electron chi connectivity index (χ4n) is 3.47. The highest BCUT2D eigenvalue weighted by Crippen LogP contribution is 2.36. The normalized spacial score (nSPS) is 15.8. The van der Waals surface area contributed by atoms with Crippen molar-refractivity contribution in [2.45, 2.75) is 39.0 Å². The van der Waals surface area contributed by atoms with Gasteiger partial charge >= 0.3 is 0 Å². The van der Waals surface area contributed by atoms with E-state index in [1.54, 1.807) is 24.3 Å². The van der Waals surface area contributed by atoms with Gasteiger partial charge in [0.25, 0.3) is 0 Å². The Morgan fingerprint density at radius 2 is 1.91 bits per heavy atom. The molecule has 6 nitrogen and oxygen atoms in total. The number of allylic oxidation sites excluding steroid dienone is 1. The summed E-state index contributed by atoms with van der Waals surface area (Å²) < 4.78 is 5.40. The maximum atomic E-state index is 12.4. The third-order valence-electron chi connectivity index (χ3n) is 5.16. The zero-order valence-corrected chi connectivity index (χ0v) is 19.3. The van der Waals surface area contributed by atoms with E-state index in [1.807, 2.05) is 31.2 Å². The number of hydrogen-bond donors (Lipinski definition) is 2. The second kappa shape index (κ2) is 10.9. The monoisotopic (exact) mass is 449 g/mol. The second-order valence-electron chi connectivity index (χ2n) is 7.78. The molecule has 0 aliphatic carbocycles. The highest BCUT2D eigenvalue weighted by Gasteiger charge is 2.30. The van der Waals surface area contributed by atoms with Gasteiger partial charge in [0.15, 0.2) is 0 Å². The number of carbonyl (C=O) groups is 2. The number of amides is 2. The van der Waals surface area contributed by atoms with Crippen molar-refractivity contribution in [3.63, 3.8) is 0 Å². The van der Waals surface area contributed by atoms with E-state index in [4.69, 9.17) is 4.74 Å². The Morgan fingerprint density at radius 1 is 1.22 bits per heavy atom. The number of nitrogens with one attached hydrogen (secondary N) is 2. The van der Waals surface area contributed by atoms with Gasteiger partial charge in [0, 0.05) is 18.0 Å². The number of hydrogen-bond acceptors (Lipinski definition) is 5. The smallest absolute Gasteiger partial charge is 0.234 e. The van der Waals surface area contributed by atoms with Gasteiger partial charge in [-0.15, -0.1) is 0 Å². The van der Waals surface area contributed by atoms with E-state index in [1.165, 1.54) is 17.3 Å². The van der Waals surface area contributed by atoms with Crippen LogP contribution >= 0.6 is 11.8 Å². The van der Waals surface area contributed by atoms with Crippen molar-refractivity contribution in [3.8, 4) is 11.8 Å². The summed E-state index contributed by atoms with van der Waals surface area (Å²) in [6, 6.07) is 17.4. The first-order valence-corrected chi connectivity index (χ1v) is 11.6. The minimum Gasteiger partial charge on any atom is -0.494 e. The molecule has 2 aromatic rings. The highest BCUT2D eigenvalue weighted by molar-refractivity contribution is 8.03. The van der Waals surface area contributed by atoms with E-state index in [0.29, 0.717) is 28.8 Å². The van der Waals surface area contributed by atoms with Crippen molar-refractivity contribution in [1.82, 2.24) is 5.32 Å². The molecule has 3 rings (SSSR count). The fourth-order valence-corrected chi connectivity index (χ4v) is 4.34. The molecule has 1 atom stereocenters. The summed E-state index contributed by atoms with van der Waals surface area (Å²) in [5.74, 6) is 0.530. The summed E-state index contributed by atoms with van der Waals surface area (Å²) in [6.07, 6.45) is 0.215. The topological polar surface area (TPSA) is 91.2 Å². The zero-order chi connectivity index (χ0) is 23.1. The second-order valence-corrected chi connectivity index (χ2v) is 8.76. The molecule has 0 radical (unpaired) electrons. The Kier molecular flexibility index (Phi) is 7.96. The van der Waals surface area contributed by atoms with Crippen LogP contribution in [0.4, 0.5) is 5.69 Å². The molecule has 2 amide bonds. The third-order valence-corrected chi connectivity index (χ3v) is 6.18. The molecule has 7 heteroatoms. The van der Waals surface area contributed by atoms with E-state index in [0.717, 1.165) is 11.3 Å². The van der Waals surface area contributed by atoms with Gasteiger partial charge < -0.3 is 15.4 Å². The van der Waals surface area contributed by atoms with Crippen LogP contribution in [0.5, 0.6) is 5.75 Å². The fraction of sp³-hybridized carbons (Fsp3) is 0.320. The van der Waals surface area contributed by atoms with Crippen LogP contribution in [0.3, 0.4) is 0 Å². The van der Waals surface area contributed by atoms with E-state index < -0.39 is 0 Å². The Balaban J connectivity index is 1.69. The minimum absolute atomic E-state index is 0.0764. The van der Waals surface area contributed by atoms with Gasteiger partial charge in [0.1, 0.15) is 5.75 Å². The number of benzene rings is 2. The number of carbonyl (C=O) groups excluding carboxylic acids is 2. The summed E-state index contributed by atoms with van der Waals surface area (Å²) in [6.45, 7) is 6.73. The van der Waals surface area contributed by atoms with Gasteiger partial charge in [-0.25, -0.2) is 0 Å². The van der Waals surface area contributed by atoms with E-state index in [-0.39, 0.29) is 29.9 Å². The van der Waals surface area contributed by atoms with Crippen LogP contribution in [0.2, 0.25) is 0 Å². The lowest BCUT2D eigenvalue weighted by Gasteiger charge is -2.25. The molecular weight excluding hydrogens is 422 g/mol. The van der Waals surface area contributed by atoms with Crippen molar-refractivity contribution in [2.24, 2.45) is 0 Å². The van der Waals surface area contributed by atoms with Crippen LogP contribution in [0, 0.1) is 11.3 Å².